The molecule has 1 aromatic rings. The lowest BCUT2D eigenvalue weighted by molar-refractivity contribution is -0.387. The van der Waals surface area contributed by atoms with Crippen molar-refractivity contribution in [1.29, 1.82) is 0 Å². The molecule has 0 spiro atoms. The van der Waals surface area contributed by atoms with Gasteiger partial charge in [-0.2, -0.15) is 0 Å². The monoisotopic (exact) mass is 279 g/mol. The molecule has 14 heavy (non-hydrogen) atoms. The van der Waals surface area contributed by atoms with E-state index in [1.807, 2.05) is 0 Å². The number of rotatable bonds is 2. The molecule has 0 bridgehead atoms. The van der Waals surface area contributed by atoms with Gasteiger partial charge in [-0.25, -0.2) is 8.42 Å². The first-order chi connectivity index (χ1) is 6.32. The van der Waals surface area contributed by atoms with Crippen molar-refractivity contribution in [3.05, 3.63) is 32.8 Å². The van der Waals surface area contributed by atoms with Crippen molar-refractivity contribution in [2.24, 2.45) is 0 Å². The normalized spacial score (nSPS) is 11.3. The van der Waals surface area contributed by atoms with Gasteiger partial charge in [0.25, 0.3) is 5.69 Å². The zero-order valence-corrected chi connectivity index (χ0v) is 9.50. The molecule has 0 amide bonds. The summed E-state index contributed by atoms with van der Waals surface area (Å²) in [5, 5.41) is 10.5. The SMILES string of the molecule is CS(=O)(=O)c1cc(Br)ccc1[N+](=O)[O-]. The fraction of sp³-hybridized carbons (Fsp3) is 0.143. The summed E-state index contributed by atoms with van der Waals surface area (Å²) in [4.78, 5) is 9.51. The number of benzene rings is 1. The first-order valence-electron chi connectivity index (χ1n) is 3.46. The number of nitro groups is 1. The van der Waals surface area contributed by atoms with Gasteiger partial charge in [-0.15, -0.1) is 0 Å². The van der Waals surface area contributed by atoms with Crippen LogP contribution in [0.4, 0.5) is 5.69 Å². The molecule has 0 unspecified atom stereocenters. The van der Waals surface area contributed by atoms with Crippen LogP contribution >= 0.6 is 15.9 Å². The Bertz CT molecular complexity index is 482. The van der Waals surface area contributed by atoms with E-state index in [1.54, 1.807) is 0 Å². The van der Waals surface area contributed by atoms with E-state index in [2.05, 4.69) is 15.9 Å². The Morgan fingerprint density at radius 3 is 2.43 bits per heavy atom. The first kappa shape index (κ1) is 11.1. The van der Waals surface area contributed by atoms with Gasteiger partial charge < -0.3 is 0 Å². The summed E-state index contributed by atoms with van der Waals surface area (Å²) in [6.45, 7) is 0. The highest BCUT2D eigenvalue weighted by Crippen LogP contribution is 2.26. The Hall–Kier alpha value is -0.950. The first-order valence-corrected chi connectivity index (χ1v) is 6.15. The lowest BCUT2D eigenvalue weighted by Gasteiger charge is -2.00. The molecule has 5 nitrogen and oxygen atoms in total. The van der Waals surface area contributed by atoms with Crippen molar-refractivity contribution in [3.63, 3.8) is 0 Å². The predicted octanol–water partition coefficient (Wildman–Crippen LogP) is 1.76. The number of hydrogen-bond donors (Lipinski definition) is 0. The van der Waals surface area contributed by atoms with Gasteiger partial charge >= 0.3 is 0 Å². The van der Waals surface area contributed by atoms with Crippen LogP contribution in [0.25, 0.3) is 0 Å². The molecule has 0 saturated carbocycles. The Balaban J connectivity index is 3.54. The quantitative estimate of drug-likeness (QED) is 0.611. The van der Waals surface area contributed by atoms with Crippen molar-refractivity contribution in [3.8, 4) is 0 Å². The fourth-order valence-corrected chi connectivity index (χ4v) is 2.31. The van der Waals surface area contributed by atoms with Crippen molar-refractivity contribution < 1.29 is 13.3 Å². The lowest BCUT2D eigenvalue weighted by atomic mass is 10.3. The van der Waals surface area contributed by atoms with Crippen LogP contribution in [0.3, 0.4) is 0 Å². The molecular weight excluding hydrogens is 274 g/mol. The van der Waals surface area contributed by atoms with Gasteiger partial charge in [0, 0.05) is 16.8 Å². The molecule has 1 rings (SSSR count). The van der Waals surface area contributed by atoms with Crippen molar-refractivity contribution in [2.75, 3.05) is 6.26 Å². The highest BCUT2D eigenvalue weighted by molar-refractivity contribution is 9.10. The van der Waals surface area contributed by atoms with Crippen molar-refractivity contribution in [2.45, 2.75) is 4.90 Å². The molecule has 1 aromatic carbocycles. The van der Waals surface area contributed by atoms with E-state index in [0.717, 1.165) is 12.3 Å². The summed E-state index contributed by atoms with van der Waals surface area (Å²) in [7, 11) is -3.57. The minimum Gasteiger partial charge on any atom is -0.258 e. The Morgan fingerprint density at radius 2 is 2.00 bits per heavy atom. The third kappa shape index (κ3) is 2.30. The van der Waals surface area contributed by atoms with Gasteiger partial charge in [0.15, 0.2) is 9.84 Å². The molecular formula is C7H6BrNO4S. The second kappa shape index (κ2) is 3.66. The van der Waals surface area contributed by atoms with Gasteiger partial charge in [0.05, 0.1) is 4.92 Å². The average Bonchev–Trinajstić information content (AvgIpc) is 2.01. The molecule has 0 fully saturated rings. The molecule has 76 valence electrons. The highest BCUT2D eigenvalue weighted by atomic mass is 79.9. The Morgan fingerprint density at radius 1 is 1.43 bits per heavy atom. The van der Waals surface area contributed by atoms with Crippen LogP contribution in [-0.2, 0) is 9.84 Å². The Kier molecular flexibility index (Phi) is 2.91. The maximum atomic E-state index is 11.2. The summed E-state index contributed by atoms with van der Waals surface area (Å²) in [6.07, 6.45) is 0.932. The minimum atomic E-state index is -3.57. The molecule has 0 atom stereocenters. The molecule has 0 aliphatic carbocycles. The molecule has 0 radical (unpaired) electrons. The number of hydrogen-bond acceptors (Lipinski definition) is 4. The highest BCUT2D eigenvalue weighted by Gasteiger charge is 2.21. The number of halogens is 1. The van der Waals surface area contributed by atoms with Crippen LogP contribution in [0.15, 0.2) is 27.6 Å². The van der Waals surface area contributed by atoms with Crippen LogP contribution in [0, 0.1) is 10.1 Å². The third-order valence-electron chi connectivity index (χ3n) is 1.52. The summed E-state index contributed by atoms with van der Waals surface area (Å²) in [6, 6.07) is 3.79. The Labute approximate surface area is 88.9 Å². The molecule has 0 aromatic heterocycles. The molecule has 0 heterocycles. The average molecular weight is 280 g/mol. The predicted molar refractivity (Wildman–Crippen MR) is 53.9 cm³/mol. The van der Waals surface area contributed by atoms with E-state index in [1.165, 1.54) is 12.1 Å². The van der Waals surface area contributed by atoms with E-state index in [-0.39, 0.29) is 4.90 Å². The maximum Gasteiger partial charge on any atom is 0.288 e. The molecule has 0 saturated heterocycles. The van der Waals surface area contributed by atoms with Gasteiger partial charge in [0.2, 0.25) is 0 Å². The van der Waals surface area contributed by atoms with E-state index >= 15 is 0 Å². The topological polar surface area (TPSA) is 77.3 Å². The molecule has 0 aliphatic heterocycles. The summed E-state index contributed by atoms with van der Waals surface area (Å²) in [5.41, 5.74) is -0.407. The number of nitrogens with zero attached hydrogens (tertiary/aromatic N) is 1. The lowest BCUT2D eigenvalue weighted by Crippen LogP contribution is -2.02. The second-order valence-electron chi connectivity index (χ2n) is 2.64. The number of nitro benzene ring substituents is 1. The fourth-order valence-electron chi connectivity index (χ4n) is 0.936. The summed E-state index contributed by atoms with van der Waals surface area (Å²) in [5.74, 6) is 0. The maximum absolute atomic E-state index is 11.2. The van der Waals surface area contributed by atoms with E-state index in [4.69, 9.17) is 0 Å². The van der Waals surface area contributed by atoms with Gasteiger partial charge in [-0.1, -0.05) is 15.9 Å². The largest absolute Gasteiger partial charge is 0.288 e. The van der Waals surface area contributed by atoms with Gasteiger partial charge in [-0.05, 0) is 12.1 Å². The zero-order valence-electron chi connectivity index (χ0n) is 7.10. The smallest absolute Gasteiger partial charge is 0.258 e. The van der Waals surface area contributed by atoms with Gasteiger partial charge in [-0.3, -0.25) is 10.1 Å². The van der Waals surface area contributed by atoms with Gasteiger partial charge in [0.1, 0.15) is 4.90 Å². The van der Waals surface area contributed by atoms with Crippen LogP contribution in [0.1, 0.15) is 0 Å². The summed E-state index contributed by atoms with van der Waals surface area (Å²) >= 11 is 3.05. The van der Waals surface area contributed by atoms with Crippen molar-refractivity contribution >= 4 is 31.5 Å². The molecule has 7 heteroatoms. The van der Waals surface area contributed by atoms with Crippen molar-refractivity contribution in [1.82, 2.24) is 0 Å². The second-order valence-corrected chi connectivity index (χ2v) is 5.54. The van der Waals surface area contributed by atoms with Crippen LogP contribution < -0.4 is 0 Å². The van der Waals surface area contributed by atoms with E-state index in [9.17, 15) is 18.5 Å². The van der Waals surface area contributed by atoms with Crippen LogP contribution in [0.2, 0.25) is 0 Å². The minimum absolute atomic E-state index is 0.281. The van der Waals surface area contributed by atoms with E-state index < -0.39 is 20.4 Å². The number of sulfone groups is 1. The standard InChI is InChI=1S/C7H6BrNO4S/c1-14(12,13)7-4-5(8)2-3-6(7)9(10)11/h2-4H,1H3. The molecule has 0 aliphatic rings. The third-order valence-corrected chi connectivity index (χ3v) is 3.14. The summed E-state index contributed by atoms with van der Waals surface area (Å²) < 4.78 is 22.9. The zero-order chi connectivity index (χ0) is 10.9. The molecule has 0 N–H and O–H groups in total. The van der Waals surface area contributed by atoms with Crippen LogP contribution in [-0.4, -0.2) is 19.6 Å². The van der Waals surface area contributed by atoms with Crippen LogP contribution in [0.5, 0.6) is 0 Å². The van der Waals surface area contributed by atoms with E-state index in [0.29, 0.717) is 4.47 Å².